The zero-order valence-corrected chi connectivity index (χ0v) is 30.6. The van der Waals surface area contributed by atoms with Crippen molar-refractivity contribution < 1.29 is 48.0 Å². The molecule has 2 bridgehead atoms. The van der Waals surface area contributed by atoms with Gasteiger partial charge in [-0.1, -0.05) is 59.7 Å². The van der Waals surface area contributed by atoms with Crippen LogP contribution in [0.2, 0.25) is 18.1 Å². The SMILES string of the molecule is CCCC(=O)O[C@@]12CO[C@@H]1C[C@H](O[Si](CC)(CC)CC)[C@@]1(C)C(=O)[C@H](O)C3=C(C)C(=O)C[C@@](O)([C@@H](OC(=O)c4ccccc4)[C@H]21)C3(C)C. The van der Waals surface area contributed by atoms with Crippen LogP contribution in [0.25, 0.3) is 0 Å². The lowest BCUT2D eigenvalue weighted by atomic mass is 9.45. The second-order valence-corrected chi connectivity index (χ2v) is 19.7. The van der Waals surface area contributed by atoms with Crippen molar-refractivity contribution in [2.24, 2.45) is 16.7 Å². The van der Waals surface area contributed by atoms with Crippen LogP contribution in [0.1, 0.15) is 91.4 Å². The predicted octanol–water partition coefficient (Wildman–Crippen LogP) is 5.10. The van der Waals surface area contributed by atoms with Gasteiger partial charge in [-0.05, 0) is 61.7 Å². The van der Waals surface area contributed by atoms with Crippen LogP contribution < -0.4 is 0 Å². The normalized spacial score (nSPS) is 35.8. The van der Waals surface area contributed by atoms with Crippen molar-refractivity contribution in [3.63, 3.8) is 0 Å². The molecule has 1 saturated heterocycles. The first-order valence-corrected chi connectivity index (χ1v) is 20.0. The molecule has 4 aliphatic rings. The predicted molar refractivity (Wildman–Crippen MR) is 179 cm³/mol. The highest BCUT2D eigenvalue weighted by Crippen LogP contribution is 2.64. The third-order valence-electron chi connectivity index (χ3n) is 12.5. The van der Waals surface area contributed by atoms with Gasteiger partial charge in [-0.2, -0.15) is 0 Å². The molecule has 5 rings (SSSR count). The van der Waals surface area contributed by atoms with E-state index < -0.39 is 90.6 Å². The molecule has 10 nitrogen and oxygen atoms in total. The second-order valence-electron chi connectivity index (χ2n) is 15.0. The summed E-state index contributed by atoms with van der Waals surface area (Å²) in [5, 5.41) is 25.2. The number of Topliss-reactive ketones (excluding diaryl/α,β-unsaturated/α-hetero) is 2. The number of hydrogen-bond donors (Lipinski definition) is 2. The Balaban J connectivity index is 1.84. The first-order chi connectivity index (χ1) is 22.5. The summed E-state index contributed by atoms with van der Waals surface area (Å²) < 4.78 is 26.1. The fraction of sp³-hybridized carbons (Fsp3) is 0.676. The standard InChI is InChI=1S/C37H52O10Si/c1-9-16-27(39)46-36-21-44-26(36)19-25(47-48(10-2,11-3)12-4)35(8)30(36)32(45-33(42)23-17-14-13-15-18-23)37(43)20-24(38)22(5)28(34(37,6)7)29(40)31(35)41/h13-15,17-18,25-26,29-30,32,40,43H,9-12,16,19-21H2,1-8H3/t25-,26+,29+,30-,32-,35+,36-,37+/m0/s1. The molecule has 2 N–H and O–H groups in total. The number of aliphatic hydroxyl groups is 2. The number of hydrogen-bond acceptors (Lipinski definition) is 10. The lowest BCUT2D eigenvalue weighted by Crippen LogP contribution is -2.82. The zero-order chi connectivity index (χ0) is 35.4. The Morgan fingerprint density at radius 2 is 1.65 bits per heavy atom. The Morgan fingerprint density at radius 3 is 2.19 bits per heavy atom. The Morgan fingerprint density at radius 1 is 1.02 bits per heavy atom. The minimum Gasteiger partial charge on any atom is -0.455 e. The van der Waals surface area contributed by atoms with Gasteiger partial charge >= 0.3 is 11.9 Å². The van der Waals surface area contributed by atoms with Crippen molar-refractivity contribution in [1.82, 2.24) is 0 Å². The topological polar surface area (TPSA) is 146 Å². The van der Waals surface area contributed by atoms with Gasteiger partial charge in [0.1, 0.15) is 23.9 Å². The first kappa shape index (κ1) is 36.6. The number of carbonyl (C=O) groups excluding carboxylic acids is 4. The van der Waals surface area contributed by atoms with E-state index in [2.05, 4.69) is 20.8 Å². The summed E-state index contributed by atoms with van der Waals surface area (Å²) in [4.78, 5) is 56.4. The molecule has 3 fully saturated rings. The average molecular weight is 685 g/mol. The molecule has 0 spiro atoms. The average Bonchev–Trinajstić information content (AvgIpc) is 3.05. The van der Waals surface area contributed by atoms with Gasteiger partial charge in [-0.3, -0.25) is 14.4 Å². The zero-order valence-electron chi connectivity index (χ0n) is 29.6. The molecule has 0 amide bonds. The monoisotopic (exact) mass is 684 g/mol. The largest absolute Gasteiger partial charge is 0.455 e. The second kappa shape index (κ2) is 12.9. The fourth-order valence-electron chi connectivity index (χ4n) is 9.13. The molecule has 0 radical (unpaired) electrons. The van der Waals surface area contributed by atoms with Crippen LogP contribution in [0.4, 0.5) is 0 Å². The number of benzene rings is 1. The molecule has 8 atom stereocenters. The molecule has 0 unspecified atom stereocenters. The molecule has 0 aromatic heterocycles. The number of ether oxygens (including phenoxy) is 3. The number of esters is 2. The molecular weight excluding hydrogens is 632 g/mol. The van der Waals surface area contributed by atoms with Gasteiger partial charge in [-0.25, -0.2) is 4.79 Å². The number of fused-ring (bicyclic) bond motifs is 5. The van der Waals surface area contributed by atoms with Gasteiger partial charge in [0.15, 0.2) is 25.5 Å². The van der Waals surface area contributed by atoms with Crippen LogP contribution in [0.5, 0.6) is 0 Å². The highest BCUT2D eigenvalue weighted by Gasteiger charge is 2.78. The van der Waals surface area contributed by atoms with Crippen molar-refractivity contribution in [2.45, 2.75) is 135 Å². The highest BCUT2D eigenvalue weighted by molar-refractivity contribution is 6.73. The molecule has 264 valence electrons. The fourth-order valence-corrected chi connectivity index (χ4v) is 12.1. The van der Waals surface area contributed by atoms with Crippen molar-refractivity contribution >= 4 is 31.8 Å². The summed E-state index contributed by atoms with van der Waals surface area (Å²) in [5.74, 6) is -3.63. The number of allylic oxidation sites excluding steroid dienone is 1. The quantitative estimate of drug-likeness (QED) is 0.252. The maximum atomic E-state index is 15.2. The van der Waals surface area contributed by atoms with E-state index in [1.165, 1.54) is 0 Å². The Bertz CT molecular complexity index is 1480. The Kier molecular flexibility index (Phi) is 9.81. The van der Waals surface area contributed by atoms with Gasteiger partial charge in [0, 0.05) is 24.7 Å². The minimum absolute atomic E-state index is 0.0967. The van der Waals surface area contributed by atoms with Crippen LogP contribution >= 0.6 is 0 Å². The van der Waals surface area contributed by atoms with Gasteiger partial charge < -0.3 is 28.8 Å². The van der Waals surface area contributed by atoms with E-state index in [-0.39, 0.29) is 36.2 Å². The van der Waals surface area contributed by atoms with Gasteiger partial charge in [0.2, 0.25) is 0 Å². The maximum Gasteiger partial charge on any atom is 0.338 e. The molecule has 1 heterocycles. The highest BCUT2D eigenvalue weighted by atomic mass is 28.4. The van der Waals surface area contributed by atoms with E-state index in [9.17, 15) is 24.6 Å². The first-order valence-electron chi connectivity index (χ1n) is 17.5. The maximum absolute atomic E-state index is 15.2. The lowest BCUT2D eigenvalue weighted by Gasteiger charge is -2.68. The molecule has 1 aliphatic heterocycles. The van der Waals surface area contributed by atoms with Crippen LogP contribution in [0.3, 0.4) is 0 Å². The van der Waals surface area contributed by atoms with E-state index in [0.717, 1.165) is 18.1 Å². The summed E-state index contributed by atoms with van der Waals surface area (Å²) in [6.07, 6.45) is -4.55. The summed E-state index contributed by atoms with van der Waals surface area (Å²) in [7, 11) is -2.45. The number of rotatable bonds is 10. The molecule has 11 heteroatoms. The Hall–Kier alpha value is -2.70. The smallest absolute Gasteiger partial charge is 0.338 e. The van der Waals surface area contributed by atoms with E-state index in [4.69, 9.17) is 18.6 Å². The third-order valence-corrected chi connectivity index (χ3v) is 17.1. The van der Waals surface area contributed by atoms with Crippen LogP contribution in [-0.2, 0) is 33.0 Å². The molecular formula is C37H52O10Si. The molecule has 2 saturated carbocycles. The lowest BCUT2D eigenvalue weighted by molar-refractivity contribution is -0.343. The van der Waals surface area contributed by atoms with Crippen molar-refractivity contribution in [2.75, 3.05) is 6.61 Å². The molecule has 1 aromatic carbocycles. The van der Waals surface area contributed by atoms with Crippen molar-refractivity contribution in [3.05, 3.63) is 47.0 Å². The summed E-state index contributed by atoms with van der Waals surface area (Å²) in [5.41, 5.74) is -6.23. The van der Waals surface area contributed by atoms with Crippen molar-refractivity contribution in [1.29, 1.82) is 0 Å². The van der Waals surface area contributed by atoms with Crippen molar-refractivity contribution in [3.8, 4) is 0 Å². The van der Waals surface area contributed by atoms with E-state index in [1.807, 2.05) is 6.92 Å². The number of ketones is 2. The summed E-state index contributed by atoms with van der Waals surface area (Å²) >= 11 is 0. The number of aliphatic hydroxyl groups excluding tert-OH is 1. The van der Waals surface area contributed by atoms with Gasteiger partial charge in [0.25, 0.3) is 0 Å². The van der Waals surface area contributed by atoms with E-state index in [1.54, 1.807) is 58.0 Å². The molecule has 48 heavy (non-hydrogen) atoms. The van der Waals surface area contributed by atoms with Crippen LogP contribution in [-0.4, -0.2) is 84.3 Å². The molecule has 3 aliphatic carbocycles. The third kappa shape index (κ3) is 5.26. The van der Waals surface area contributed by atoms with Gasteiger partial charge in [-0.15, -0.1) is 0 Å². The molecule has 1 aromatic rings. The number of carbonyl (C=O) groups is 4. The van der Waals surface area contributed by atoms with E-state index in [0.29, 0.717) is 6.42 Å². The Labute approximate surface area is 284 Å². The minimum atomic E-state index is -2.45. The van der Waals surface area contributed by atoms with Gasteiger partial charge in [0.05, 0.1) is 29.6 Å². The summed E-state index contributed by atoms with van der Waals surface area (Å²) in [6, 6.07) is 10.6. The van der Waals surface area contributed by atoms with E-state index >= 15 is 4.79 Å². The van der Waals surface area contributed by atoms with Crippen LogP contribution in [0.15, 0.2) is 41.5 Å². The van der Waals surface area contributed by atoms with Crippen LogP contribution in [0, 0.1) is 16.7 Å². The summed E-state index contributed by atoms with van der Waals surface area (Å²) in [6.45, 7) is 14.5.